The van der Waals surface area contributed by atoms with Crippen LogP contribution in [0.25, 0.3) is 0 Å². The average Bonchev–Trinajstić information content (AvgIpc) is 2.63. The zero-order chi connectivity index (χ0) is 23.5. The normalized spacial score (nSPS) is 10.5. The Bertz CT molecular complexity index is 468. The molecular formula is C18H29BrF6N2O2. The molecule has 0 heterocycles. The Morgan fingerprint density at radius 3 is 1.66 bits per heavy atom. The summed E-state index contributed by atoms with van der Waals surface area (Å²) < 4.78 is 68.7. The SMILES string of the molecule is C=CCCCCBr.C=CCCCCN(C)C(=O)C(F)(F)F.CNC(=O)C(F)(F)F. The molecule has 172 valence electrons. The number of allylic oxidation sites excluding steroid dienone is 2. The first-order chi connectivity index (χ1) is 13.3. The van der Waals surface area contributed by atoms with Crippen LogP contribution in [-0.4, -0.2) is 55.0 Å². The largest absolute Gasteiger partial charge is 0.471 e. The summed E-state index contributed by atoms with van der Waals surface area (Å²) >= 11 is 3.35. The number of halogens is 7. The van der Waals surface area contributed by atoms with Crippen molar-refractivity contribution in [2.24, 2.45) is 0 Å². The van der Waals surface area contributed by atoms with Gasteiger partial charge in [-0.1, -0.05) is 28.1 Å². The van der Waals surface area contributed by atoms with Crippen molar-refractivity contribution in [3.8, 4) is 0 Å². The molecule has 0 aliphatic heterocycles. The summed E-state index contributed by atoms with van der Waals surface area (Å²) in [5, 5.41) is 2.57. The van der Waals surface area contributed by atoms with Gasteiger partial charge < -0.3 is 10.2 Å². The number of unbranched alkanes of at least 4 members (excludes halogenated alkanes) is 4. The third-order valence-corrected chi connectivity index (χ3v) is 3.58. The Balaban J connectivity index is -0.000000383. The lowest BCUT2D eigenvalue weighted by Gasteiger charge is -2.18. The number of carbonyl (C=O) groups excluding carboxylic acids is 2. The second-order valence-electron chi connectivity index (χ2n) is 5.56. The number of amides is 2. The Labute approximate surface area is 176 Å². The van der Waals surface area contributed by atoms with Crippen LogP contribution in [0.4, 0.5) is 26.3 Å². The molecule has 1 N–H and O–H groups in total. The van der Waals surface area contributed by atoms with Gasteiger partial charge in [0.25, 0.3) is 0 Å². The fourth-order valence-corrected chi connectivity index (χ4v) is 1.88. The molecule has 0 aliphatic rings. The van der Waals surface area contributed by atoms with Crippen LogP contribution in [0.1, 0.15) is 38.5 Å². The van der Waals surface area contributed by atoms with E-state index in [0.29, 0.717) is 11.3 Å². The molecule has 0 bridgehead atoms. The van der Waals surface area contributed by atoms with Gasteiger partial charge in [0.1, 0.15) is 0 Å². The maximum absolute atomic E-state index is 11.9. The molecule has 11 heteroatoms. The number of carbonyl (C=O) groups is 2. The van der Waals surface area contributed by atoms with Gasteiger partial charge in [-0.05, 0) is 38.5 Å². The van der Waals surface area contributed by atoms with Crippen molar-refractivity contribution in [1.82, 2.24) is 10.2 Å². The number of hydrogen-bond acceptors (Lipinski definition) is 2. The Morgan fingerprint density at radius 1 is 0.931 bits per heavy atom. The van der Waals surface area contributed by atoms with Gasteiger partial charge in [-0.2, -0.15) is 26.3 Å². The molecule has 0 aromatic heterocycles. The quantitative estimate of drug-likeness (QED) is 0.200. The van der Waals surface area contributed by atoms with Gasteiger partial charge in [-0.15, -0.1) is 13.2 Å². The molecular weight excluding hydrogens is 470 g/mol. The molecule has 0 aliphatic carbocycles. The van der Waals surface area contributed by atoms with Crippen LogP contribution in [0.3, 0.4) is 0 Å². The predicted octanol–water partition coefficient (Wildman–Crippen LogP) is 5.40. The van der Waals surface area contributed by atoms with Gasteiger partial charge >= 0.3 is 24.2 Å². The van der Waals surface area contributed by atoms with Gasteiger partial charge in [-0.25, -0.2) is 0 Å². The molecule has 0 saturated heterocycles. The third-order valence-electron chi connectivity index (χ3n) is 3.02. The van der Waals surface area contributed by atoms with Crippen molar-refractivity contribution in [1.29, 1.82) is 0 Å². The lowest BCUT2D eigenvalue weighted by Crippen LogP contribution is -2.38. The molecule has 2 amide bonds. The van der Waals surface area contributed by atoms with Gasteiger partial charge in [0.2, 0.25) is 0 Å². The summed E-state index contributed by atoms with van der Waals surface area (Å²) in [6.45, 7) is 7.24. The first-order valence-corrected chi connectivity index (χ1v) is 9.80. The van der Waals surface area contributed by atoms with Crippen molar-refractivity contribution in [2.75, 3.05) is 26.0 Å². The van der Waals surface area contributed by atoms with E-state index in [2.05, 4.69) is 29.1 Å². The fourth-order valence-electron chi connectivity index (χ4n) is 1.48. The standard InChI is InChI=1S/C9H14F3NO.C6H11Br.C3H4F3NO/c1-3-4-5-6-7-13(2)8(14)9(10,11)12;1-2-3-4-5-6-7;1-7-2(8)3(4,5)6/h3H,1,4-7H2,2H3;2H,1,3-6H2;1H3,(H,7,8). The minimum Gasteiger partial charge on any atom is -0.351 e. The van der Waals surface area contributed by atoms with Crippen LogP contribution in [0.15, 0.2) is 25.3 Å². The maximum atomic E-state index is 11.9. The molecule has 0 rings (SSSR count). The second-order valence-corrected chi connectivity index (χ2v) is 6.35. The molecule has 0 saturated carbocycles. The van der Waals surface area contributed by atoms with Crippen molar-refractivity contribution in [2.45, 2.75) is 50.9 Å². The van der Waals surface area contributed by atoms with Gasteiger partial charge in [0.15, 0.2) is 0 Å². The zero-order valence-corrected chi connectivity index (χ0v) is 18.2. The summed E-state index contributed by atoms with van der Waals surface area (Å²) in [7, 11) is 2.08. The van der Waals surface area contributed by atoms with E-state index in [1.54, 1.807) is 6.08 Å². The van der Waals surface area contributed by atoms with Crippen LogP contribution < -0.4 is 5.32 Å². The average molecular weight is 499 g/mol. The summed E-state index contributed by atoms with van der Waals surface area (Å²) in [4.78, 5) is 20.9. The summed E-state index contributed by atoms with van der Waals surface area (Å²) in [5.41, 5.74) is 0. The van der Waals surface area contributed by atoms with Crippen molar-refractivity contribution in [3.63, 3.8) is 0 Å². The summed E-state index contributed by atoms with van der Waals surface area (Å²) in [6, 6.07) is 0. The summed E-state index contributed by atoms with van der Waals surface area (Å²) in [5.74, 6) is -3.70. The zero-order valence-electron chi connectivity index (χ0n) is 16.6. The monoisotopic (exact) mass is 498 g/mol. The topological polar surface area (TPSA) is 49.4 Å². The van der Waals surface area contributed by atoms with Crippen molar-refractivity contribution < 1.29 is 35.9 Å². The molecule has 0 aromatic carbocycles. The van der Waals surface area contributed by atoms with Crippen molar-refractivity contribution >= 4 is 27.7 Å². The van der Waals surface area contributed by atoms with Crippen LogP contribution in [-0.2, 0) is 9.59 Å². The number of nitrogens with one attached hydrogen (secondary N) is 1. The number of nitrogens with zero attached hydrogens (tertiary/aromatic N) is 1. The lowest BCUT2D eigenvalue weighted by atomic mass is 10.2. The lowest BCUT2D eigenvalue weighted by molar-refractivity contribution is -0.184. The third kappa shape index (κ3) is 22.6. The Hall–Kier alpha value is -1.52. The fraction of sp³-hybridized carbons (Fsp3) is 0.667. The molecule has 0 radical (unpaired) electrons. The van der Waals surface area contributed by atoms with E-state index >= 15 is 0 Å². The van der Waals surface area contributed by atoms with Crippen molar-refractivity contribution in [3.05, 3.63) is 25.3 Å². The van der Waals surface area contributed by atoms with Gasteiger partial charge in [-0.3, -0.25) is 9.59 Å². The van der Waals surface area contributed by atoms with E-state index in [-0.39, 0.29) is 6.54 Å². The first-order valence-electron chi connectivity index (χ1n) is 8.68. The molecule has 0 aromatic rings. The van der Waals surface area contributed by atoms with Crippen LogP contribution in [0.5, 0.6) is 0 Å². The first kappa shape index (κ1) is 32.2. The highest BCUT2D eigenvalue weighted by molar-refractivity contribution is 9.09. The number of rotatable bonds is 9. The van der Waals surface area contributed by atoms with Gasteiger partial charge in [0, 0.05) is 26.0 Å². The summed E-state index contributed by atoms with van der Waals surface area (Å²) in [6.07, 6.45) is -0.0695. The highest BCUT2D eigenvalue weighted by atomic mass is 79.9. The van der Waals surface area contributed by atoms with E-state index in [1.807, 2.05) is 6.08 Å². The molecule has 0 unspecified atom stereocenters. The Morgan fingerprint density at radius 2 is 1.38 bits per heavy atom. The molecule has 0 fully saturated rings. The van der Waals surface area contributed by atoms with Gasteiger partial charge in [0.05, 0.1) is 0 Å². The van der Waals surface area contributed by atoms with E-state index in [0.717, 1.165) is 38.7 Å². The highest BCUT2D eigenvalue weighted by Gasteiger charge is 2.40. The molecule has 0 spiro atoms. The number of alkyl halides is 7. The van der Waals surface area contributed by atoms with E-state index < -0.39 is 24.2 Å². The number of hydrogen-bond donors (Lipinski definition) is 1. The van der Waals surface area contributed by atoms with E-state index in [1.165, 1.54) is 18.2 Å². The molecule has 29 heavy (non-hydrogen) atoms. The van der Waals surface area contributed by atoms with Crippen LogP contribution in [0.2, 0.25) is 0 Å². The molecule has 4 nitrogen and oxygen atoms in total. The van der Waals surface area contributed by atoms with Crippen LogP contribution in [0, 0.1) is 0 Å². The van der Waals surface area contributed by atoms with E-state index in [4.69, 9.17) is 0 Å². The second kappa shape index (κ2) is 18.5. The minimum absolute atomic E-state index is 0.131. The molecule has 0 atom stereocenters. The highest BCUT2D eigenvalue weighted by Crippen LogP contribution is 2.17. The van der Waals surface area contributed by atoms with E-state index in [9.17, 15) is 35.9 Å². The smallest absolute Gasteiger partial charge is 0.351 e. The van der Waals surface area contributed by atoms with Crippen LogP contribution >= 0.6 is 15.9 Å². The minimum atomic E-state index is -4.76. The predicted molar refractivity (Wildman–Crippen MR) is 106 cm³/mol. The Kier molecular flexibility index (Phi) is 20.5. The maximum Gasteiger partial charge on any atom is 0.471 e.